The fourth-order valence-corrected chi connectivity index (χ4v) is 2.53. The van der Waals surface area contributed by atoms with Gasteiger partial charge in [-0.25, -0.2) is 4.99 Å². The number of alkyl halides is 1. The first-order chi connectivity index (χ1) is 8.75. The molecular formula is C13H16ClN3O. The van der Waals surface area contributed by atoms with Gasteiger partial charge in [-0.2, -0.15) is 0 Å². The van der Waals surface area contributed by atoms with Crippen LogP contribution in [0.15, 0.2) is 23.2 Å². The van der Waals surface area contributed by atoms with E-state index >= 15 is 0 Å². The summed E-state index contributed by atoms with van der Waals surface area (Å²) in [7, 11) is 1.93. The van der Waals surface area contributed by atoms with Crippen molar-refractivity contribution in [3.63, 3.8) is 0 Å². The topological polar surface area (TPSA) is 28.1 Å². The maximum Gasteiger partial charge on any atom is 0.132 e. The first-order valence-corrected chi connectivity index (χ1v) is 6.56. The molecule has 0 aromatic heterocycles. The van der Waals surface area contributed by atoms with Crippen molar-refractivity contribution in [2.45, 2.75) is 5.50 Å². The summed E-state index contributed by atoms with van der Waals surface area (Å²) in [4.78, 5) is 8.66. The van der Waals surface area contributed by atoms with Gasteiger partial charge in [0.1, 0.15) is 5.50 Å². The number of anilines is 1. The number of aliphatic imine (C=N–C) groups is 1. The molecule has 1 fully saturated rings. The first kappa shape index (κ1) is 11.8. The Hall–Kier alpha value is -1.26. The van der Waals surface area contributed by atoms with Crippen LogP contribution < -0.4 is 4.90 Å². The molecule has 1 aromatic rings. The molecule has 1 atom stereocenters. The van der Waals surface area contributed by atoms with Gasteiger partial charge in [0.2, 0.25) is 0 Å². The van der Waals surface area contributed by atoms with Crippen LogP contribution in [0.2, 0.25) is 0 Å². The van der Waals surface area contributed by atoms with E-state index in [4.69, 9.17) is 16.3 Å². The quantitative estimate of drug-likeness (QED) is 0.576. The maximum absolute atomic E-state index is 6.34. The number of halogens is 1. The van der Waals surface area contributed by atoms with Gasteiger partial charge < -0.3 is 14.5 Å². The molecule has 0 N–H and O–H groups in total. The zero-order valence-corrected chi connectivity index (χ0v) is 11.1. The average molecular weight is 266 g/mol. The van der Waals surface area contributed by atoms with Crippen molar-refractivity contribution in [3.8, 4) is 0 Å². The summed E-state index contributed by atoms with van der Waals surface area (Å²) >= 11 is 6.34. The molecule has 2 aliphatic rings. The largest absolute Gasteiger partial charge is 0.378 e. The molecule has 1 unspecified atom stereocenters. The summed E-state index contributed by atoms with van der Waals surface area (Å²) in [6.07, 6.45) is 1.78. The van der Waals surface area contributed by atoms with Gasteiger partial charge in [-0.1, -0.05) is 17.7 Å². The van der Waals surface area contributed by atoms with E-state index in [9.17, 15) is 0 Å². The lowest BCUT2D eigenvalue weighted by molar-refractivity contribution is 0.122. The number of fused-ring (bicyclic) bond motifs is 1. The van der Waals surface area contributed by atoms with Crippen LogP contribution in [-0.4, -0.2) is 44.6 Å². The summed E-state index contributed by atoms with van der Waals surface area (Å²) in [5.41, 5.74) is 3.11. The van der Waals surface area contributed by atoms with Crippen LogP contribution >= 0.6 is 11.6 Å². The molecule has 3 rings (SSSR count). The SMILES string of the molecule is CN1C=Nc2cc(N3CCOCC3)ccc2C1Cl. The lowest BCUT2D eigenvalue weighted by Gasteiger charge is -2.31. The van der Waals surface area contributed by atoms with Crippen LogP contribution in [0.1, 0.15) is 11.1 Å². The van der Waals surface area contributed by atoms with Gasteiger partial charge in [0, 0.05) is 31.4 Å². The normalized spacial score (nSPS) is 23.1. The molecule has 0 radical (unpaired) electrons. The van der Waals surface area contributed by atoms with E-state index in [0.29, 0.717) is 0 Å². The molecule has 1 aromatic carbocycles. The van der Waals surface area contributed by atoms with Crippen LogP contribution in [0, 0.1) is 0 Å². The van der Waals surface area contributed by atoms with Crippen molar-refractivity contribution in [3.05, 3.63) is 23.8 Å². The van der Waals surface area contributed by atoms with E-state index in [1.165, 1.54) is 5.69 Å². The summed E-state index contributed by atoms with van der Waals surface area (Å²) in [6, 6.07) is 6.30. The molecular weight excluding hydrogens is 250 g/mol. The van der Waals surface area contributed by atoms with Gasteiger partial charge in [0.25, 0.3) is 0 Å². The standard InChI is InChI=1S/C13H16ClN3O/c1-16-9-15-12-8-10(2-3-11(12)13(16)14)17-4-6-18-7-5-17/h2-3,8-9,13H,4-7H2,1H3. The highest BCUT2D eigenvalue weighted by Crippen LogP contribution is 2.37. The van der Waals surface area contributed by atoms with E-state index in [1.54, 1.807) is 6.34 Å². The fraction of sp³-hybridized carbons (Fsp3) is 0.462. The monoisotopic (exact) mass is 265 g/mol. The van der Waals surface area contributed by atoms with Crippen molar-refractivity contribution < 1.29 is 4.74 Å². The van der Waals surface area contributed by atoms with Crippen molar-refractivity contribution in [2.75, 3.05) is 38.3 Å². The summed E-state index contributed by atoms with van der Waals surface area (Å²) < 4.78 is 5.37. The van der Waals surface area contributed by atoms with Gasteiger partial charge in [-0.05, 0) is 12.1 Å². The number of morpholine rings is 1. The third kappa shape index (κ3) is 2.06. The minimum absolute atomic E-state index is 0.128. The lowest BCUT2D eigenvalue weighted by atomic mass is 10.1. The van der Waals surface area contributed by atoms with Gasteiger partial charge in [0.15, 0.2) is 0 Å². The van der Waals surface area contributed by atoms with E-state index < -0.39 is 0 Å². The molecule has 0 bridgehead atoms. The number of hydrogen-bond acceptors (Lipinski definition) is 4. The first-order valence-electron chi connectivity index (χ1n) is 6.12. The second-order valence-corrected chi connectivity index (χ2v) is 5.00. The summed E-state index contributed by atoms with van der Waals surface area (Å²) in [5, 5.41) is 0. The van der Waals surface area contributed by atoms with E-state index in [-0.39, 0.29) is 5.50 Å². The third-order valence-electron chi connectivity index (χ3n) is 3.38. The zero-order chi connectivity index (χ0) is 12.5. The Morgan fingerprint density at radius 1 is 1.33 bits per heavy atom. The number of nitrogens with zero attached hydrogens (tertiary/aromatic N) is 3. The highest BCUT2D eigenvalue weighted by molar-refractivity contribution is 6.21. The number of benzene rings is 1. The smallest absolute Gasteiger partial charge is 0.132 e. The Morgan fingerprint density at radius 3 is 2.89 bits per heavy atom. The van der Waals surface area contributed by atoms with E-state index in [0.717, 1.165) is 37.6 Å². The highest BCUT2D eigenvalue weighted by atomic mass is 35.5. The molecule has 4 nitrogen and oxygen atoms in total. The minimum Gasteiger partial charge on any atom is -0.378 e. The number of ether oxygens (including phenoxy) is 1. The Bertz CT molecular complexity index is 471. The van der Waals surface area contributed by atoms with Crippen LogP contribution in [0.5, 0.6) is 0 Å². The lowest BCUT2D eigenvalue weighted by Crippen LogP contribution is -2.36. The van der Waals surface area contributed by atoms with Crippen LogP contribution in [0.25, 0.3) is 0 Å². The van der Waals surface area contributed by atoms with Gasteiger partial charge in [-0.3, -0.25) is 0 Å². The van der Waals surface area contributed by atoms with Crippen molar-refractivity contribution in [1.29, 1.82) is 0 Å². The predicted octanol–water partition coefficient (Wildman–Crippen LogP) is 2.37. The molecule has 0 amide bonds. The van der Waals surface area contributed by atoms with Gasteiger partial charge >= 0.3 is 0 Å². The Balaban J connectivity index is 1.90. The zero-order valence-electron chi connectivity index (χ0n) is 10.3. The number of hydrogen-bond donors (Lipinski definition) is 0. The second-order valence-electron chi connectivity index (χ2n) is 4.59. The third-order valence-corrected chi connectivity index (χ3v) is 3.93. The summed E-state index contributed by atoms with van der Waals surface area (Å²) in [6.45, 7) is 3.46. The van der Waals surface area contributed by atoms with Crippen LogP contribution in [-0.2, 0) is 4.74 Å². The summed E-state index contributed by atoms with van der Waals surface area (Å²) in [5.74, 6) is 0. The maximum atomic E-state index is 6.34. The molecule has 5 heteroatoms. The molecule has 0 aliphatic carbocycles. The second kappa shape index (κ2) is 4.78. The highest BCUT2D eigenvalue weighted by Gasteiger charge is 2.21. The van der Waals surface area contributed by atoms with E-state index in [2.05, 4.69) is 28.1 Å². The molecule has 1 saturated heterocycles. The van der Waals surface area contributed by atoms with Gasteiger partial charge in [-0.15, -0.1) is 0 Å². The molecule has 18 heavy (non-hydrogen) atoms. The average Bonchev–Trinajstić information content (AvgIpc) is 2.44. The Labute approximate surface area is 112 Å². The van der Waals surface area contributed by atoms with Crippen molar-refractivity contribution >= 4 is 29.3 Å². The van der Waals surface area contributed by atoms with Crippen molar-refractivity contribution in [1.82, 2.24) is 4.90 Å². The fourth-order valence-electron chi connectivity index (χ4n) is 2.29. The molecule has 0 saturated carbocycles. The predicted molar refractivity (Wildman–Crippen MR) is 74.0 cm³/mol. The van der Waals surface area contributed by atoms with Gasteiger partial charge in [0.05, 0.1) is 25.2 Å². The molecule has 96 valence electrons. The molecule has 0 spiro atoms. The molecule has 2 heterocycles. The van der Waals surface area contributed by atoms with Crippen LogP contribution in [0.3, 0.4) is 0 Å². The molecule has 2 aliphatic heterocycles. The van der Waals surface area contributed by atoms with Crippen LogP contribution in [0.4, 0.5) is 11.4 Å². The van der Waals surface area contributed by atoms with E-state index in [1.807, 2.05) is 11.9 Å². The minimum atomic E-state index is -0.128. The van der Waals surface area contributed by atoms with Crippen molar-refractivity contribution in [2.24, 2.45) is 4.99 Å². The Kier molecular flexibility index (Phi) is 3.14. The number of rotatable bonds is 1. The Morgan fingerprint density at radius 2 is 2.11 bits per heavy atom.